The fourth-order valence-corrected chi connectivity index (χ4v) is 2.94. The Kier molecular flexibility index (Phi) is 2.27. The molecule has 3 heteroatoms. The van der Waals surface area contributed by atoms with E-state index in [1.54, 1.807) is 0 Å². The third-order valence-electron chi connectivity index (χ3n) is 3.65. The molecular weight excluding hydrogens is 164 g/mol. The van der Waals surface area contributed by atoms with Gasteiger partial charge in [0.1, 0.15) is 0 Å². The fraction of sp³-hybridized carbons (Fsp3) is 0.900. The summed E-state index contributed by atoms with van der Waals surface area (Å²) in [6.07, 6.45) is 5.23. The Hall–Kier alpha value is -0.590. The van der Waals surface area contributed by atoms with Crippen molar-refractivity contribution < 1.29 is 5.11 Å². The van der Waals surface area contributed by atoms with Crippen LogP contribution < -0.4 is 0 Å². The minimum absolute atomic E-state index is 0.0181. The molecule has 2 fully saturated rings. The molecular formula is C10H16N2O. The van der Waals surface area contributed by atoms with E-state index in [1.807, 2.05) is 0 Å². The van der Waals surface area contributed by atoms with Gasteiger partial charge in [0.05, 0.1) is 18.7 Å². The van der Waals surface area contributed by atoms with E-state index in [1.165, 1.54) is 12.8 Å². The quantitative estimate of drug-likeness (QED) is 0.610. The minimum Gasteiger partial charge on any atom is -0.391 e. The lowest BCUT2D eigenvalue weighted by Crippen LogP contribution is -2.48. The number of rotatable bonds is 1. The van der Waals surface area contributed by atoms with Crippen molar-refractivity contribution >= 4 is 0 Å². The lowest BCUT2D eigenvalue weighted by atomic mass is 9.91. The van der Waals surface area contributed by atoms with Crippen LogP contribution in [0.3, 0.4) is 0 Å². The Bertz CT molecular complexity index is 228. The number of likely N-dealkylation sites (tertiary alicyclic amines) is 1. The van der Waals surface area contributed by atoms with Crippen molar-refractivity contribution in [3.63, 3.8) is 0 Å². The number of hydrogen-bond donors (Lipinski definition) is 1. The highest BCUT2D eigenvalue weighted by molar-refractivity contribution is 5.06. The topological polar surface area (TPSA) is 47.3 Å². The zero-order valence-electron chi connectivity index (χ0n) is 7.87. The van der Waals surface area contributed by atoms with Crippen LogP contribution in [0.2, 0.25) is 0 Å². The van der Waals surface area contributed by atoms with Gasteiger partial charge in [-0.3, -0.25) is 4.90 Å². The number of nitriles is 1. The largest absolute Gasteiger partial charge is 0.391 e. The van der Waals surface area contributed by atoms with E-state index in [0.29, 0.717) is 6.54 Å². The second-order valence-electron chi connectivity index (χ2n) is 4.19. The highest BCUT2D eigenvalue weighted by Crippen LogP contribution is 2.42. The van der Waals surface area contributed by atoms with Crippen molar-refractivity contribution in [3.05, 3.63) is 0 Å². The molecule has 1 spiro atoms. The van der Waals surface area contributed by atoms with Crippen LogP contribution in [0.15, 0.2) is 0 Å². The summed E-state index contributed by atoms with van der Waals surface area (Å²) in [5.41, 5.74) is -0.0181. The molecule has 1 aliphatic carbocycles. The van der Waals surface area contributed by atoms with E-state index in [4.69, 9.17) is 5.26 Å². The van der Waals surface area contributed by atoms with E-state index in [2.05, 4.69) is 11.0 Å². The summed E-state index contributed by atoms with van der Waals surface area (Å²) >= 11 is 0. The smallest absolute Gasteiger partial charge is 0.0871 e. The zero-order valence-corrected chi connectivity index (χ0v) is 7.87. The van der Waals surface area contributed by atoms with E-state index in [-0.39, 0.29) is 11.6 Å². The first kappa shape index (κ1) is 8.98. The predicted molar refractivity (Wildman–Crippen MR) is 49.0 cm³/mol. The summed E-state index contributed by atoms with van der Waals surface area (Å²) in [5.74, 6) is 0. The van der Waals surface area contributed by atoms with Crippen LogP contribution in [0.5, 0.6) is 0 Å². The fourth-order valence-electron chi connectivity index (χ4n) is 2.94. The lowest BCUT2D eigenvalue weighted by Gasteiger charge is -2.35. The number of hydrogen-bond acceptors (Lipinski definition) is 3. The van der Waals surface area contributed by atoms with Gasteiger partial charge in [0.25, 0.3) is 0 Å². The van der Waals surface area contributed by atoms with Gasteiger partial charge in [0, 0.05) is 12.1 Å². The van der Waals surface area contributed by atoms with Gasteiger partial charge in [-0.1, -0.05) is 12.8 Å². The second-order valence-corrected chi connectivity index (χ2v) is 4.19. The predicted octanol–water partition coefficient (Wildman–Crippen LogP) is 0.889. The van der Waals surface area contributed by atoms with Crippen molar-refractivity contribution in [1.29, 1.82) is 5.26 Å². The van der Waals surface area contributed by atoms with E-state index < -0.39 is 0 Å². The molecule has 1 saturated heterocycles. The van der Waals surface area contributed by atoms with Gasteiger partial charge in [-0.05, 0) is 19.3 Å². The van der Waals surface area contributed by atoms with Crippen LogP contribution in [-0.2, 0) is 0 Å². The van der Waals surface area contributed by atoms with E-state index in [0.717, 1.165) is 25.8 Å². The van der Waals surface area contributed by atoms with Crippen LogP contribution in [0.4, 0.5) is 0 Å². The van der Waals surface area contributed by atoms with Crippen molar-refractivity contribution in [3.8, 4) is 6.07 Å². The summed E-state index contributed by atoms with van der Waals surface area (Å²) in [6.45, 7) is 1.38. The summed E-state index contributed by atoms with van der Waals surface area (Å²) in [5, 5.41) is 18.6. The zero-order chi connectivity index (χ0) is 9.31. The monoisotopic (exact) mass is 180 g/mol. The molecule has 0 aromatic heterocycles. The van der Waals surface area contributed by atoms with Crippen molar-refractivity contribution in [1.82, 2.24) is 4.90 Å². The molecule has 1 aliphatic heterocycles. The molecule has 13 heavy (non-hydrogen) atoms. The second kappa shape index (κ2) is 3.28. The highest BCUT2D eigenvalue weighted by Gasteiger charge is 2.49. The third kappa shape index (κ3) is 1.25. The van der Waals surface area contributed by atoms with Gasteiger partial charge >= 0.3 is 0 Å². The SMILES string of the molecule is N#CCN1CCC(O)C12CCCC2. The Labute approximate surface area is 79.0 Å². The average molecular weight is 180 g/mol. The number of aliphatic hydroxyl groups is 1. The molecule has 2 rings (SSSR count). The molecule has 0 aromatic rings. The van der Waals surface area contributed by atoms with Gasteiger partial charge in [-0.25, -0.2) is 0 Å². The molecule has 0 aromatic carbocycles. The highest BCUT2D eigenvalue weighted by atomic mass is 16.3. The molecule has 1 saturated carbocycles. The van der Waals surface area contributed by atoms with Crippen LogP contribution in [0.1, 0.15) is 32.1 Å². The molecule has 0 bridgehead atoms. The van der Waals surface area contributed by atoms with Gasteiger partial charge in [-0.15, -0.1) is 0 Å². The van der Waals surface area contributed by atoms with Gasteiger partial charge in [0.2, 0.25) is 0 Å². The van der Waals surface area contributed by atoms with Crippen molar-refractivity contribution in [2.24, 2.45) is 0 Å². The van der Waals surface area contributed by atoms with Crippen LogP contribution >= 0.6 is 0 Å². The van der Waals surface area contributed by atoms with E-state index >= 15 is 0 Å². The van der Waals surface area contributed by atoms with Crippen LogP contribution in [0.25, 0.3) is 0 Å². The van der Waals surface area contributed by atoms with E-state index in [9.17, 15) is 5.11 Å². The maximum absolute atomic E-state index is 9.93. The first-order valence-electron chi connectivity index (χ1n) is 5.10. The van der Waals surface area contributed by atoms with Gasteiger partial charge < -0.3 is 5.11 Å². The average Bonchev–Trinajstić information content (AvgIpc) is 2.70. The number of nitrogens with zero attached hydrogens (tertiary/aromatic N) is 2. The Morgan fingerprint density at radius 3 is 2.77 bits per heavy atom. The Balaban J connectivity index is 2.16. The summed E-state index contributed by atoms with van der Waals surface area (Å²) in [6, 6.07) is 2.20. The third-order valence-corrected chi connectivity index (χ3v) is 3.65. The maximum Gasteiger partial charge on any atom is 0.0871 e. The molecule has 1 N–H and O–H groups in total. The first-order chi connectivity index (χ1) is 6.29. The molecule has 3 nitrogen and oxygen atoms in total. The van der Waals surface area contributed by atoms with Crippen LogP contribution in [0, 0.1) is 11.3 Å². The molecule has 1 atom stereocenters. The Morgan fingerprint density at radius 1 is 1.46 bits per heavy atom. The normalized spacial score (nSPS) is 32.5. The van der Waals surface area contributed by atoms with Gasteiger partial charge in [0.15, 0.2) is 0 Å². The lowest BCUT2D eigenvalue weighted by molar-refractivity contribution is 0.0387. The molecule has 72 valence electrons. The van der Waals surface area contributed by atoms with Gasteiger partial charge in [-0.2, -0.15) is 5.26 Å². The Morgan fingerprint density at radius 2 is 2.15 bits per heavy atom. The molecule has 2 aliphatic rings. The van der Waals surface area contributed by atoms with Crippen molar-refractivity contribution in [2.45, 2.75) is 43.7 Å². The molecule has 1 unspecified atom stereocenters. The van der Waals surface area contributed by atoms with Crippen LogP contribution in [-0.4, -0.2) is 34.7 Å². The number of aliphatic hydroxyl groups excluding tert-OH is 1. The maximum atomic E-state index is 9.93. The summed E-state index contributed by atoms with van der Waals surface area (Å²) < 4.78 is 0. The first-order valence-corrected chi connectivity index (χ1v) is 5.10. The summed E-state index contributed by atoms with van der Waals surface area (Å²) in [7, 11) is 0. The molecule has 0 radical (unpaired) electrons. The van der Waals surface area contributed by atoms with Crippen molar-refractivity contribution in [2.75, 3.05) is 13.1 Å². The minimum atomic E-state index is -0.191. The molecule has 0 amide bonds. The summed E-state index contributed by atoms with van der Waals surface area (Å²) in [4.78, 5) is 2.19. The standard InChI is InChI=1S/C10H16N2O/c11-6-8-12-7-3-9(13)10(12)4-1-2-5-10/h9,13H,1-5,7-8H2. The molecule has 1 heterocycles.